The standard InChI is InChI=1S/C29H41BrF3N5O4/c1-7-19-15-20-22(23(21(19)30)41-18-29(31,32)33)34-25(40-14-8-11-36(5)6)35-24(20)37-12-9-28(10-13-37)16-38(17-28)26(39)42-27(2,3)4/h15H,7-14,16-18H2,1-6H3. The first-order valence-corrected chi connectivity index (χ1v) is 15.1. The Balaban J connectivity index is 1.61. The van der Waals surface area contributed by atoms with Gasteiger partial charge in [0.05, 0.1) is 11.1 Å². The molecule has 0 radical (unpaired) electrons. The van der Waals surface area contributed by atoms with E-state index in [1.54, 1.807) is 4.90 Å². The maximum absolute atomic E-state index is 13.2. The maximum Gasteiger partial charge on any atom is 0.422 e. The molecule has 2 aliphatic heterocycles. The number of anilines is 1. The Kier molecular flexibility index (Phi) is 9.71. The molecule has 0 atom stereocenters. The number of amides is 1. The average Bonchev–Trinajstić information content (AvgIpc) is 2.87. The summed E-state index contributed by atoms with van der Waals surface area (Å²) in [6.45, 7) is 9.85. The summed E-state index contributed by atoms with van der Waals surface area (Å²) in [5.74, 6) is 0.642. The number of hydrogen-bond donors (Lipinski definition) is 0. The SMILES string of the molecule is CCc1cc2c(N3CCC4(CC3)CN(C(=O)OC(C)(C)C)C4)nc(OCCCN(C)C)nc2c(OCC(F)(F)F)c1Br. The molecule has 3 heterocycles. The number of benzene rings is 1. The summed E-state index contributed by atoms with van der Waals surface area (Å²) in [4.78, 5) is 27.7. The molecule has 1 aromatic heterocycles. The van der Waals surface area contributed by atoms with E-state index in [4.69, 9.17) is 19.2 Å². The van der Waals surface area contributed by atoms with Crippen molar-refractivity contribution in [2.24, 2.45) is 5.41 Å². The van der Waals surface area contributed by atoms with Crippen LogP contribution in [0.25, 0.3) is 10.9 Å². The molecule has 0 unspecified atom stereocenters. The fraction of sp³-hybridized carbons (Fsp3) is 0.690. The Bertz CT molecular complexity index is 1270. The fourth-order valence-corrected chi connectivity index (χ4v) is 6.05. The van der Waals surface area contributed by atoms with Crippen molar-refractivity contribution in [3.63, 3.8) is 0 Å². The van der Waals surface area contributed by atoms with Crippen molar-refractivity contribution in [1.82, 2.24) is 19.8 Å². The van der Waals surface area contributed by atoms with Crippen LogP contribution in [0.4, 0.5) is 23.8 Å². The summed E-state index contributed by atoms with van der Waals surface area (Å²) < 4.78 is 56.8. The lowest BCUT2D eigenvalue weighted by Crippen LogP contribution is -2.62. The quantitative estimate of drug-likeness (QED) is 0.301. The second kappa shape index (κ2) is 12.6. The fourth-order valence-electron chi connectivity index (χ4n) is 5.35. The molecular weight excluding hydrogens is 619 g/mol. The summed E-state index contributed by atoms with van der Waals surface area (Å²) >= 11 is 3.47. The van der Waals surface area contributed by atoms with Gasteiger partial charge in [0, 0.05) is 43.5 Å². The van der Waals surface area contributed by atoms with Gasteiger partial charge < -0.3 is 28.9 Å². The topological polar surface area (TPSA) is 80.3 Å². The van der Waals surface area contributed by atoms with Crippen molar-refractivity contribution < 1.29 is 32.2 Å². The van der Waals surface area contributed by atoms with Gasteiger partial charge in [-0.25, -0.2) is 4.79 Å². The number of carbonyl (C=O) groups is 1. The minimum absolute atomic E-state index is 0.0142. The van der Waals surface area contributed by atoms with Crippen LogP contribution in [-0.4, -0.2) is 97.7 Å². The highest BCUT2D eigenvalue weighted by Gasteiger charge is 2.48. The van der Waals surface area contributed by atoms with Crippen molar-refractivity contribution in [2.45, 2.75) is 65.2 Å². The molecule has 13 heteroatoms. The van der Waals surface area contributed by atoms with E-state index in [0.717, 1.165) is 31.4 Å². The van der Waals surface area contributed by atoms with Crippen LogP contribution in [0, 0.1) is 5.41 Å². The molecular formula is C29H41BrF3N5O4. The molecule has 0 saturated carbocycles. The second-order valence-corrected chi connectivity index (χ2v) is 13.3. The van der Waals surface area contributed by atoms with Crippen molar-refractivity contribution in [1.29, 1.82) is 0 Å². The number of alkyl halides is 3. The van der Waals surface area contributed by atoms with Crippen LogP contribution in [0.2, 0.25) is 0 Å². The predicted molar refractivity (Wildman–Crippen MR) is 159 cm³/mol. The van der Waals surface area contributed by atoms with E-state index in [0.29, 0.717) is 54.9 Å². The van der Waals surface area contributed by atoms with Gasteiger partial charge in [0.15, 0.2) is 12.4 Å². The Labute approximate surface area is 253 Å². The highest BCUT2D eigenvalue weighted by Crippen LogP contribution is 2.45. The Morgan fingerprint density at radius 3 is 2.36 bits per heavy atom. The minimum atomic E-state index is -4.51. The van der Waals surface area contributed by atoms with Gasteiger partial charge in [0.25, 0.3) is 0 Å². The zero-order valence-electron chi connectivity index (χ0n) is 25.2. The smallest absolute Gasteiger partial charge is 0.422 e. The van der Waals surface area contributed by atoms with E-state index in [1.807, 2.05) is 52.8 Å². The molecule has 2 fully saturated rings. The molecule has 0 N–H and O–H groups in total. The third kappa shape index (κ3) is 7.89. The van der Waals surface area contributed by atoms with Gasteiger partial charge in [-0.3, -0.25) is 0 Å². The number of piperidine rings is 1. The van der Waals surface area contributed by atoms with Crippen molar-refractivity contribution in [3.8, 4) is 11.8 Å². The van der Waals surface area contributed by atoms with Gasteiger partial charge in [-0.1, -0.05) is 6.92 Å². The largest absolute Gasteiger partial charge is 0.481 e. The van der Waals surface area contributed by atoms with E-state index in [1.165, 1.54) is 0 Å². The van der Waals surface area contributed by atoms with Crippen LogP contribution in [0.15, 0.2) is 10.5 Å². The molecule has 1 spiro atoms. The first-order chi connectivity index (χ1) is 19.6. The van der Waals surface area contributed by atoms with E-state index < -0.39 is 18.4 Å². The number of likely N-dealkylation sites (tertiary alicyclic amines) is 1. The number of ether oxygens (including phenoxy) is 3. The number of hydrogen-bond acceptors (Lipinski definition) is 8. The zero-order chi connectivity index (χ0) is 30.9. The summed E-state index contributed by atoms with van der Waals surface area (Å²) in [6.07, 6.45) is -1.81. The van der Waals surface area contributed by atoms with Gasteiger partial charge in [-0.05, 0) is 88.1 Å². The van der Waals surface area contributed by atoms with Crippen LogP contribution < -0.4 is 14.4 Å². The molecule has 1 aromatic carbocycles. The predicted octanol–water partition coefficient (Wildman–Crippen LogP) is 6.06. The summed E-state index contributed by atoms with van der Waals surface area (Å²) in [7, 11) is 3.94. The molecule has 2 aromatic rings. The van der Waals surface area contributed by atoms with Crippen molar-refractivity contribution in [2.75, 3.05) is 64.9 Å². The zero-order valence-corrected chi connectivity index (χ0v) is 26.8. The van der Waals surface area contributed by atoms with Crippen LogP contribution in [0.5, 0.6) is 11.8 Å². The molecule has 0 aliphatic carbocycles. The molecule has 9 nitrogen and oxygen atoms in total. The minimum Gasteiger partial charge on any atom is -0.481 e. The van der Waals surface area contributed by atoms with E-state index in [-0.39, 0.29) is 28.8 Å². The Morgan fingerprint density at radius 1 is 1.12 bits per heavy atom. The summed E-state index contributed by atoms with van der Waals surface area (Å²) in [6, 6.07) is 2.02. The number of carbonyl (C=O) groups excluding carboxylic acids is 1. The number of aryl methyl sites for hydroxylation is 1. The second-order valence-electron chi connectivity index (χ2n) is 12.5. The molecule has 42 heavy (non-hydrogen) atoms. The van der Waals surface area contributed by atoms with Gasteiger partial charge in [-0.15, -0.1) is 0 Å². The van der Waals surface area contributed by atoms with E-state index in [9.17, 15) is 18.0 Å². The first kappa shape index (κ1) is 32.4. The van der Waals surface area contributed by atoms with Gasteiger partial charge >= 0.3 is 18.3 Å². The number of rotatable bonds is 9. The molecule has 234 valence electrons. The first-order valence-electron chi connectivity index (χ1n) is 14.3. The molecule has 4 rings (SSSR count). The van der Waals surface area contributed by atoms with Crippen LogP contribution in [-0.2, 0) is 11.2 Å². The van der Waals surface area contributed by atoms with Gasteiger partial charge in [0.1, 0.15) is 16.9 Å². The third-order valence-electron chi connectivity index (χ3n) is 7.49. The maximum atomic E-state index is 13.2. The Morgan fingerprint density at radius 2 is 1.79 bits per heavy atom. The number of aromatic nitrogens is 2. The summed E-state index contributed by atoms with van der Waals surface area (Å²) in [5.41, 5.74) is 0.541. The number of nitrogens with zero attached hydrogens (tertiary/aromatic N) is 5. The monoisotopic (exact) mass is 659 g/mol. The molecule has 1 amide bonds. The number of halogens is 4. The normalized spacial score (nSPS) is 17.1. The highest BCUT2D eigenvalue weighted by atomic mass is 79.9. The lowest BCUT2D eigenvalue weighted by atomic mass is 9.72. The highest BCUT2D eigenvalue weighted by molar-refractivity contribution is 9.10. The van der Waals surface area contributed by atoms with E-state index >= 15 is 0 Å². The molecule has 2 aliphatic rings. The van der Waals surface area contributed by atoms with Crippen molar-refractivity contribution in [3.05, 3.63) is 16.1 Å². The lowest BCUT2D eigenvalue weighted by Gasteiger charge is -2.53. The van der Waals surface area contributed by atoms with Crippen LogP contribution in [0.1, 0.15) is 52.5 Å². The third-order valence-corrected chi connectivity index (χ3v) is 8.36. The van der Waals surface area contributed by atoms with Gasteiger partial charge in [0.2, 0.25) is 0 Å². The van der Waals surface area contributed by atoms with Crippen LogP contribution >= 0.6 is 15.9 Å². The van der Waals surface area contributed by atoms with E-state index in [2.05, 4.69) is 25.8 Å². The summed E-state index contributed by atoms with van der Waals surface area (Å²) in [5, 5.41) is 0.618. The van der Waals surface area contributed by atoms with Crippen molar-refractivity contribution >= 4 is 38.7 Å². The molecule has 2 saturated heterocycles. The van der Waals surface area contributed by atoms with Crippen LogP contribution in [0.3, 0.4) is 0 Å². The Hall–Kier alpha value is -2.54. The lowest BCUT2D eigenvalue weighted by molar-refractivity contribution is -0.153. The number of fused-ring (bicyclic) bond motifs is 1. The molecule has 0 bridgehead atoms. The van der Waals surface area contributed by atoms with Gasteiger partial charge in [-0.2, -0.15) is 23.1 Å². The average molecular weight is 661 g/mol.